The Balaban J connectivity index is 1.65. The number of fused-ring (bicyclic) bond motifs is 1. The van der Waals surface area contributed by atoms with Gasteiger partial charge in [0.2, 0.25) is 0 Å². The van der Waals surface area contributed by atoms with Crippen molar-refractivity contribution in [2.75, 3.05) is 13.2 Å². The third kappa shape index (κ3) is 2.80. The van der Waals surface area contributed by atoms with Crippen LogP contribution in [0.25, 0.3) is 0 Å². The zero-order chi connectivity index (χ0) is 13.9. The molecule has 0 fully saturated rings. The van der Waals surface area contributed by atoms with Crippen molar-refractivity contribution in [2.24, 2.45) is 0 Å². The lowest BCUT2D eigenvalue weighted by Gasteiger charge is -2.18. The maximum absolute atomic E-state index is 11.8. The van der Waals surface area contributed by atoms with E-state index >= 15 is 0 Å². The number of benzene rings is 1. The van der Waals surface area contributed by atoms with Gasteiger partial charge in [0.1, 0.15) is 13.2 Å². The molecule has 0 saturated carbocycles. The van der Waals surface area contributed by atoms with Crippen LogP contribution in [0.3, 0.4) is 0 Å². The number of halogens is 1. The first-order valence-corrected chi connectivity index (χ1v) is 6.94. The van der Waals surface area contributed by atoms with Crippen LogP contribution in [-0.2, 0) is 6.54 Å². The molecule has 0 aliphatic carbocycles. The number of hydrogen-bond donors (Lipinski definition) is 1. The van der Waals surface area contributed by atoms with Crippen molar-refractivity contribution in [1.29, 1.82) is 0 Å². The first kappa shape index (κ1) is 13.1. The van der Waals surface area contributed by atoms with Crippen LogP contribution in [0.5, 0.6) is 11.5 Å². The van der Waals surface area contributed by atoms with Crippen molar-refractivity contribution in [3.63, 3.8) is 0 Å². The number of ether oxygens (including phenoxy) is 2. The van der Waals surface area contributed by atoms with E-state index in [1.165, 1.54) is 0 Å². The SMILES string of the molecule is O=C(NCc1ccc2c(c1)OCCO2)c1ccc(Br)o1. The summed E-state index contributed by atoms with van der Waals surface area (Å²) in [6, 6.07) is 8.90. The average Bonchev–Trinajstić information content (AvgIpc) is 2.91. The zero-order valence-corrected chi connectivity index (χ0v) is 12.1. The summed E-state index contributed by atoms with van der Waals surface area (Å²) in [5, 5.41) is 2.79. The standard InChI is InChI=1S/C14H12BrNO4/c15-13-4-3-11(20-13)14(17)16-8-9-1-2-10-12(7-9)19-6-5-18-10/h1-4,7H,5-6,8H2,(H,16,17). The Kier molecular flexibility index (Phi) is 3.64. The molecule has 2 heterocycles. The Morgan fingerprint density at radius 2 is 1.95 bits per heavy atom. The molecule has 5 nitrogen and oxygen atoms in total. The van der Waals surface area contributed by atoms with E-state index in [-0.39, 0.29) is 11.7 Å². The first-order valence-electron chi connectivity index (χ1n) is 6.14. The van der Waals surface area contributed by atoms with Gasteiger partial charge in [0.15, 0.2) is 21.9 Å². The van der Waals surface area contributed by atoms with E-state index in [9.17, 15) is 4.79 Å². The summed E-state index contributed by atoms with van der Waals surface area (Å²) in [6.45, 7) is 1.51. The number of hydrogen-bond acceptors (Lipinski definition) is 4. The maximum atomic E-state index is 11.8. The minimum Gasteiger partial charge on any atom is -0.486 e. The summed E-state index contributed by atoms with van der Waals surface area (Å²) in [5.74, 6) is 1.46. The molecule has 1 amide bonds. The number of amides is 1. The Bertz CT molecular complexity index is 638. The van der Waals surface area contributed by atoms with E-state index < -0.39 is 0 Å². The number of carbonyl (C=O) groups excluding carboxylic acids is 1. The molecule has 1 aromatic carbocycles. The lowest BCUT2D eigenvalue weighted by Crippen LogP contribution is -2.22. The molecule has 1 aliphatic heterocycles. The molecule has 104 valence electrons. The molecule has 0 spiro atoms. The van der Waals surface area contributed by atoms with E-state index in [1.54, 1.807) is 12.1 Å². The molecule has 1 N–H and O–H groups in total. The van der Waals surface area contributed by atoms with Crippen LogP contribution in [0.2, 0.25) is 0 Å². The zero-order valence-electron chi connectivity index (χ0n) is 10.5. The molecule has 20 heavy (non-hydrogen) atoms. The Morgan fingerprint density at radius 3 is 2.70 bits per heavy atom. The Labute approximate surface area is 124 Å². The molecule has 0 saturated heterocycles. The fourth-order valence-corrected chi connectivity index (χ4v) is 2.21. The molecule has 1 aromatic heterocycles. The molecule has 0 radical (unpaired) electrons. The van der Waals surface area contributed by atoms with E-state index in [2.05, 4.69) is 21.2 Å². The van der Waals surface area contributed by atoms with Gasteiger partial charge < -0.3 is 19.2 Å². The van der Waals surface area contributed by atoms with Crippen LogP contribution in [0.15, 0.2) is 39.4 Å². The highest BCUT2D eigenvalue weighted by molar-refractivity contribution is 9.10. The van der Waals surface area contributed by atoms with Crippen molar-refractivity contribution < 1.29 is 18.7 Å². The fraction of sp³-hybridized carbons (Fsp3) is 0.214. The molecular weight excluding hydrogens is 326 g/mol. The number of furan rings is 1. The summed E-state index contributed by atoms with van der Waals surface area (Å²) in [4.78, 5) is 11.8. The third-order valence-electron chi connectivity index (χ3n) is 2.86. The summed E-state index contributed by atoms with van der Waals surface area (Å²) in [5.41, 5.74) is 0.938. The lowest BCUT2D eigenvalue weighted by molar-refractivity contribution is 0.0922. The quantitative estimate of drug-likeness (QED) is 0.935. The summed E-state index contributed by atoms with van der Waals surface area (Å²) in [7, 11) is 0. The van der Waals surface area contributed by atoms with E-state index in [0.29, 0.717) is 30.2 Å². The van der Waals surface area contributed by atoms with Crippen molar-refractivity contribution in [3.8, 4) is 11.5 Å². The summed E-state index contributed by atoms with van der Waals surface area (Å²) in [6.07, 6.45) is 0. The van der Waals surface area contributed by atoms with Gasteiger partial charge in [0, 0.05) is 6.54 Å². The number of carbonyl (C=O) groups is 1. The van der Waals surface area contributed by atoms with Crippen molar-refractivity contribution >= 4 is 21.8 Å². The highest BCUT2D eigenvalue weighted by Crippen LogP contribution is 2.30. The van der Waals surface area contributed by atoms with Crippen LogP contribution in [0, 0.1) is 0 Å². The smallest absolute Gasteiger partial charge is 0.287 e. The van der Waals surface area contributed by atoms with Gasteiger partial charge >= 0.3 is 0 Å². The Hall–Kier alpha value is -1.95. The van der Waals surface area contributed by atoms with Crippen molar-refractivity contribution in [2.45, 2.75) is 6.54 Å². The van der Waals surface area contributed by atoms with Crippen molar-refractivity contribution in [1.82, 2.24) is 5.32 Å². The number of rotatable bonds is 3. The molecule has 0 bridgehead atoms. The van der Waals surface area contributed by atoms with E-state index in [4.69, 9.17) is 13.9 Å². The maximum Gasteiger partial charge on any atom is 0.287 e. The van der Waals surface area contributed by atoms with Crippen LogP contribution in [0.1, 0.15) is 16.1 Å². The molecule has 6 heteroatoms. The second kappa shape index (κ2) is 5.58. The lowest BCUT2D eigenvalue weighted by atomic mass is 10.2. The van der Waals surface area contributed by atoms with Crippen LogP contribution < -0.4 is 14.8 Å². The largest absolute Gasteiger partial charge is 0.486 e. The molecule has 2 aromatic rings. The first-order chi connectivity index (χ1) is 9.72. The van der Waals surface area contributed by atoms with Gasteiger partial charge in [0.05, 0.1) is 0 Å². The normalized spacial score (nSPS) is 13.1. The van der Waals surface area contributed by atoms with Gasteiger partial charge in [-0.15, -0.1) is 0 Å². The molecule has 3 rings (SSSR count). The predicted molar refractivity (Wildman–Crippen MR) is 75.0 cm³/mol. The molecule has 1 aliphatic rings. The molecular formula is C14H12BrNO4. The Morgan fingerprint density at radius 1 is 1.15 bits per heavy atom. The minimum absolute atomic E-state index is 0.259. The average molecular weight is 338 g/mol. The van der Waals surface area contributed by atoms with Gasteiger partial charge in [-0.1, -0.05) is 6.07 Å². The highest BCUT2D eigenvalue weighted by atomic mass is 79.9. The highest BCUT2D eigenvalue weighted by Gasteiger charge is 2.13. The fourth-order valence-electron chi connectivity index (χ4n) is 1.90. The summed E-state index contributed by atoms with van der Waals surface area (Å²) < 4.78 is 16.7. The topological polar surface area (TPSA) is 60.7 Å². The van der Waals surface area contributed by atoms with Crippen molar-refractivity contribution in [3.05, 3.63) is 46.3 Å². The van der Waals surface area contributed by atoms with Crippen LogP contribution >= 0.6 is 15.9 Å². The predicted octanol–water partition coefficient (Wildman–Crippen LogP) is 2.74. The molecule has 0 unspecified atom stereocenters. The van der Waals surface area contributed by atoms with E-state index in [0.717, 1.165) is 11.3 Å². The summed E-state index contributed by atoms with van der Waals surface area (Å²) >= 11 is 3.16. The second-order valence-corrected chi connectivity index (χ2v) is 5.05. The van der Waals surface area contributed by atoms with Gasteiger partial charge in [0.25, 0.3) is 5.91 Å². The monoisotopic (exact) mass is 337 g/mol. The second-order valence-electron chi connectivity index (χ2n) is 4.26. The van der Waals surface area contributed by atoms with Gasteiger partial charge in [-0.2, -0.15) is 0 Å². The van der Waals surface area contributed by atoms with Gasteiger partial charge in [-0.25, -0.2) is 0 Å². The van der Waals surface area contributed by atoms with Crippen LogP contribution in [-0.4, -0.2) is 19.1 Å². The minimum atomic E-state index is -0.259. The molecule has 0 atom stereocenters. The van der Waals surface area contributed by atoms with Crippen LogP contribution in [0.4, 0.5) is 0 Å². The number of nitrogens with one attached hydrogen (secondary N) is 1. The third-order valence-corrected chi connectivity index (χ3v) is 3.28. The van der Waals surface area contributed by atoms with Gasteiger partial charge in [-0.05, 0) is 45.8 Å². The van der Waals surface area contributed by atoms with Gasteiger partial charge in [-0.3, -0.25) is 4.79 Å². The van der Waals surface area contributed by atoms with E-state index in [1.807, 2.05) is 18.2 Å².